The molecule has 0 amide bonds. The Morgan fingerprint density at radius 3 is 1.64 bits per heavy atom. The second kappa shape index (κ2) is 8.24. The molecule has 0 bridgehead atoms. The molecule has 0 N–H and O–H groups in total. The molecule has 68 valence electrons. The minimum Gasteiger partial charge on any atom is -0.385 e. The average Bonchev–Trinajstić information content (AvgIpc) is 2.05. The van der Waals surface area contributed by atoms with Gasteiger partial charge in [0.15, 0.2) is 0 Å². The summed E-state index contributed by atoms with van der Waals surface area (Å²) >= 11 is 0. The van der Waals surface area contributed by atoms with Gasteiger partial charge in [-0.15, -0.1) is 0 Å². The summed E-state index contributed by atoms with van der Waals surface area (Å²) in [6.07, 6.45) is 1.96. The zero-order valence-electron chi connectivity index (χ0n) is 7.93. The van der Waals surface area contributed by atoms with Gasteiger partial charge < -0.3 is 9.47 Å². The highest BCUT2D eigenvalue weighted by atomic mass is 28.3. The molecule has 0 spiro atoms. The monoisotopic (exact) mass is 176 g/mol. The van der Waals surface area contributed by atoms with Crippen LogP contribution in [0.2, 0.25) is 6.04 Å². The highest BCUT2D eigenvalue weighted by molar-refractivity contribution is 6.58. The highest BCUT2D eigenvalue weighted by Crippen LogP contribution is 1.93. The highest BCUT2D eigenvalue weighted by Gasteiger charge is 2.07. The largest absolute Gasteiger partial charge is 0.385 e. The van der Waals surface area contributed by atoms with Crippen molar-refractivity contribution < 1.29 is 9.47 Å². The lowest BCUT2D eigenvalue weighted by molar-refractivity contribution is 0.167. The number of hydrogen-bond donors (Lipinski definition) is 0. The van der Waals surface area contributed by atoms with Crippen LogP contribution in [-0.4, -0.2) is 34.5 Å². The molecule has 0 aromatic heterocycles. The fraction of sp³-hybridized carbons (Fsp3) is 1.00. The predicted octanol–water partition coefficient (Wildman–Crippen LogP) is 1.38. The van der Waals surface area contributed by atoms with Gasteiger partial charge in [-0.25, -0.2) is 0 Å². The molecular formula is C8H20O2Si. The van der Waals surface area contributed by atoms with Crippen molar-refractivity contribution in [3.05, 3.63) is 0 Å². The molecular weight excluding hydrogens is 156 g/mol. The van der Waals surface area contributed by atoms with Crippen LogP contribution >= 0.6 is 0 Å². The van der Waals surface area contributed by atoms with Crippen molar-refractivity contribution in [2.24, 2.45) is 0 Å². The summed E-state index contributed by atoms with van der Waals surface area (Å²) in [6, 6.07) is 1.28. The Labute approximate surface area is 71.5 Å². The van der Waals surface area contributed by atoms with E-state index >= 15 is 0 Å². The summed E-state index contributed by atoms with van der Waals surface area (Å²) in [5.74, 6) is 0. The fourth-order valence-electron chi connectivity index (χ4n) is 0.853. The predicted molar refractivity (Wildman–Crippen MR) is 50.6 cm³/mol. The van der Waals surface area contributed by atoms with Gasteiger partial charge in [0.1, 0.15) is 0 Å². The van der Waals surface area contributed by atoms with Crippen molar-refractivity contribution in [1.29, 1.82) is 0 Å². The molecule has 0 fully saturated rings. The van der Waals surface area contributed by atoms with Gasteiger partial charge in [-0.1, -0.05) is 13.0 Å². The van der Waals surface area contributed by atoms with Crippen molar-refractivity contribution in [2.45, 2.75) is 26.8 Å². The smallest absolute Gasteiger partial charge is 0.0972 e. The van der Waals surface area contributed by atoms with Crippen LogP contribution in [0.15, 0.2) is 0 Å². The van der Waals surface area contributed by atoms with Crippen LogP contribution in [0.25, 0.3) is 0 Å². The first-order valence-corrected chi connectivity index (χ1v) is 6.95. The topological polar surface area (TPSA) is 18.5 Å². The maximum Gasteiger partial charge on any atom is 0.0972 e. The van der Waals surface area contributed by atoms with E-state index in [-0.39, 0.29) is 0 Å². The van der Waals surface area contributed by atoms with E-state index in [9.17, 15) is 0 Å². The molecule has 0 atom stereocenters. The van der Waals surface area contributed by atoms with E-state index in [2.05, 4.69) is 6.92 Å². The number of hydrogen-bond acceptors (Lipinski definition) is 2. The first-order valence-electron chi connectivity index (χ1n) is 4.50. The minimum atomic E-state index is -0.693. The van der Waals surface area contributed by atoms with Crippen LogP contribution in [0.4, 0.5) is 0 Å². The lowest BCUT2D eigenvalue weighted by Crippen LogP contribution is -2.26. The SMILES string of the molecule is CCOC[SiH](CC)COCC. The van der Waals surface area contributed by atoms with Gasteiger partial charge in [-0.3, -0.25) is 0 Å². The van der Waals surface area contributed by atoms with E-state index in [1.165, 1.54) is 6.04 Å². The molecule has 0 aliphatic heterocycles. The zero-order valence-corrected chi connectivity index (χ0v) is 9.08. The third-order valence-electron chi connectivity index (χ3n) is 1.69. The van der Waals surface area contributed by atoms with Crippen LogP contribution < -0.4 is 0 Å². The summed E-state index contributed by atoms with van der Waals surface area (Å²) in [5.41, 5.74) is 0. The molecule has 0 radical (unpaired) electrons. The maximum absolute atomic E-state index is 5.37. The Kier molecular flexibility index (Phi) is 8.34. The molecule has 0 unspecified atom stereocenters. The van der Waals surface area contributed by atoms with Crippen molar-refractivity contribution in [1.82, 2.24) is 0 Å². The number of rotatable bonds is 7. The maximum atomic E-state index is 5.37. The summed E-state index contributed by atoms with van der Waals surface area (Å²) in [4.78, 5) is 0. The molecule has 11 heavy (non-hydrogen) atoms. The lowest BCUT2D eigenvalue weighted by Gasteiger charge is -2.11. The van der Waals surface area contributed by atoms with Gasteiger partial charge in [0.2, 0.25) is 0 Å². The summed E-state index contributed by atoms with van der Waals surface area (Å²) in [6.45, 7) is 8.00. The van der Waals surface area contributed by atoms with Crippen molar-refractivity contribution in [3.8, 4) is 0 Å². The number of ether oxygens (including phenoxy) is 2. The summed E-state index contributed by atoms with van der Waals surface area (Å²) in [7, 11) is -0.693. The van der Waals surface area contributed by atoms with Crippen LogP contribution in [0, 0.1) is 0 Å². The molecule has 0 saturated carbocycles. The Morgan fingerprint density at radius 1 is 0.909 bits per heavy atom. The van der Waals surface area contributed by atoms with Crippen molar-refractivity contribution in [2.75, 3.05) is 25.7 Å². The second-order valence-electron chi connectivity index (χ2n) is 2.59. The molecule has 3 heteroatoms. The van der Waals surface area contributed by atoms with Crippen molar-refractivity contribution >= 4 is 8.80 Å². The van der Waals surface area contributed by atoms with E-state index in [1.807, 2.05) is 13.8 Å². The standard InChI is InChI=1S/C8H20O2Si/c1-4-9-7-11(6-3)8-10-5-2/h11H,4-8H2,1-3H3. The van der Waals surface area contributed by atoms with Gasteiger partial charge >= 0.3 is 0 Å². The average molecular weight is 176 g/mol. The molecule has 0 saturated heterocycles. The van der Waals surface area contributed by atoms with Gasteiger partial charge in [-0.05, 0) is 13.8 Å². The minimum absolute atomic E-state index is 0.693. The molecule has 0 aromatic carbocycles. The zero-order chi connectivity index (χ0) is 8.53. The Balaban J connectivity index is 3.25. The van der Waals surface area contributed by atoms with E-state index in [4.69, 9.17) is 9.47 Å². The van der Waals surface area contributed by atoms with Gasteiger partial charge in [0.25, 0.3) is 0 Å². The van der Waals surface area contributed by atoms with Gasteiger partial charge in [0.05, 0.1) is 8.80 Å². The van der Waals surface area contributed by atoms with E-state index < -0.39 is 8.80 Å². The van der Waals surface area contributed by atoms with Crippen molar-refractivity contribution in [3.63, 3.8) is 0 Å². The van der Waals surface area contributed by atoms with Crippen LogP contribution in [0.3, 0.4) is 0 Å². The molecule has 0 heterocycles. The lowest BCUT2D eigenvalue weighted by atomic mass is 10.9. The summed E-state index contributed by atoms with van der Waals surface area (Å²) in [5, 5.41) is 0. The fourth-order valence-corrected chi connectivity index (χ4v) is 2.56. The van der Waals surface area contributed by atoms with Gasteiger partial charge in [-0.2, -0.15) is 0 Å². The normalized spacial score (nSPS) is 10.9. The van der Waals surface area contributed by atoms with Gasteiger partial charge in [0, 0.05) is 25.7 Å². The third kappa shape index (κ3) is 6.53. The van der Waals surface area contributed by atoms with E-state index in [0.29, 0.717) is 0 Å². The third-order valence-corrected chi connectivity index (χ3v) is 4.26. The van der Waals surface area contributed by atoms with E-state index in [0.717, 1.165) is 25.7 Å². The molecule has 0 aliphatic carbocycles. The first kappa shape index (κ1) is 11.1. The Morgan fingerprint density at radius 2 is 1.36 bits per heavy atom. The van der Waals surface area contributed by atoms with Crippen LogP contribution in [-0.2, 0) is 9.47 Å². The van der Waals surface area contributed by atoms with Crippen LogP contribution in [0.1, 0.15) is 20.8 Å². The molecule has 0 aliphatic rings. The molecule has 2 nitrogen and oxygen atoms in total. The second-order valence-corrected chi connectivity index (χ2v) is 5.81. The summed E-state index contributed by atoms with van der Waals surface area (Å²) < 4.78 is 10.7. The Bertz CT molecular complexity index is 70.5. The quantitative estimate of drug-likeness (QED) is 0.546. The Hall–Kier alpha value is 0.137. The van der Waals surface area contributed by atoms with Crippen LogP contribution in [0.5, 0.6) is 0 Å². The molecule has 0 aromatic rings. The van der Waals surface area contributed by atoms with E-state index in [1.54, 1.807) is 0 Å². The molecule has 0 rings (SSSR count). The first-order chi connectivity index (χ1) is 5.35.